The van der Waals surface area contributed by atoms with E-state index in [1.165, 1.54) is 0 Å². The van der Waals surface area contributed by atoms with Crippen LogP contribution in [0.25, 0.3) is 0 Å². The smallest absolute Gasteiger partial charge is 0.231 e. The number of aryl methyl sites for hydroxylation is 1. The Hall–Kier alpha value is -2.73. The lowest BCUT2D eigenvalue weighted by Crippen LogP contribution is -2.34. The molecule has 6 nitrogen and oxygen atoms in total. The Labute approximate surface area is 160 Å². The second kappa shape index (κ2) is 8.77. The molecule has 0 aromatic heterocycles. The molecule has 1 amide bonds. The van der Waals surface area contributed by atoms with Gasteiger partial charge in [-0.05, 0) is 44.3 Å². The zero-order chi connectivity index (χ0) is 19.2. The number of nitrogens with one attached hydrogen (secondary N) is 1. The van der Waals surface area contributed by atoms with Crippen molar-refractivity contribution in [2.45, 2.75) is 18.9 Å². The van der Waals surface area contributed by atoms with Crippen LogP contribution in [0.5, 0.6) is 17.2 Å². The van der Waals surface area contributed by atoms with Crippen LogP contribution >= 0.6 is 0 Å². The third-order valence-corrected chi connectivity index (χ3v) is 4.69. The summed E-state index contributed by atoms with van der Waals surface area (Å²) < 4.78 is 16.2. The van der Waals surface area contributed by atoms with Gasteiger partial charge in [-0.2, -0.15) is 0 Å². The first kappa shape index (κ1) is 19.0. The van der Waals surface area contributed by atoms with Crippen molar-refractivity contribution >= 4 is 5.91 Å². The molecule has 2 aromatic rings. The molecule has 1 N–H and O–H groups in total. The van der Waals surface area contributed by atoms with E-state index in [0.29, 0.717) is 19.4 Å². The van der Waals surface area contributed by atoms with Crippen LogP contribution in [0.15, 0.2) is 42.5 Å². The molecule has 0 fully saturated rings. The van der Waals surface area contributed by atoms with E-state index in [1.807, 2.05) is 56.6 Å². The van der Waals surface area contributed by atoms with Crippen molar-refractivity contribution in [3.05, 3.63) is 53.6 Å². The van der Waals surface area contributed by atoms with Crippen LogP contribution in [-0.2, 0) is 11.2 Å². The van der Waals surface area contributed by atoms with Crippen LogP contribution in [0.4, 0.5) is 0 Å². The predicted molar refractivity (Wildman–Crippen MR) is 103 cm³/mol. The molecule has 1 aliphatic rings. The SMILES string of the molecule is COc1ccccc1C(CNC(=O)CCc1ccc2c(c1)OCO2)N(C)C. The lowest BCUT2D eigenvalue weighted by Gasteiger charge is -2.26. The molecule has 0 aliphatic carbocycles. The summed E-state index contributed by atoms with van der Waals surface area (Å²) in [4.78, 5) is 14.4. The second-order valence-corrected chi connectivity index (χ2v) is 6.71. The zero-order valence-electron chi connectivity index (χ0n) is 16.0. The number of likely N-dealkylation sites (N-methyl/N-ethyl adjacent to an activating group) is 1. The molecule has 0 saturated heterocycles. The summed E-state index contributed by atoms with van der Waals surface area (Å²) in [7, 11) is 5.65. The average Bonchev–Trinajstić information content (AvgIpc) is 3.14. The summed E-state index contributed by atoms with van der Waals surface area (Å²) >= 11 is 0. The fraction of sp³-hybridized carbons (Fsp3) is 0.381. The van der Waals surface area contributed by atoms with E-state index >= 15 is 0 Å². The molecular weight excluding hydrogens is 344 g/mol. The fourth-order valence-electron chi connectivity index (χ4n) is 3.17. The minimum Gasteiger partial charge on any atom is -0.496 e. The largest absolute Gasteiger partial charge is 0.496 e. The lowest BCUT2D eigenvalue weighted by molar-refractivity contribution is -0.121. The van der Waals surface area contributed by atoms with Gasteiger partial charge in [0.25, 0.3) is 0 Å². The van der Waals surface area contributed by atoms with Gasteiger partial charge >= 0.3 is 0 Å². The molecule has 0 saturated carbocycles. The molecule has 0 spiro atoms. The second-order valence-electron chi connectivity index (χ2n) is 6.71. The monoisotopic (exact) mass is 370 g/mol. The lowest BCUT2D eigenvalue weighted by atomic mass is 10.0. The highest BCUT2D eigenvalue weighted by molar-refractivity contribution is 5.76. The molecular formula is C21H26N2O4. The molecule has 0 radical (unpaired) electrons. The fourth-order valence-corrected chi connectivity index (χ4v) is 3.17. The standard InChI is InChI=1S/C21H26N2O4/c1-23(2)17(16-6-4-5-7-18(16)25-3)13-22-21(24)11-9-15-8-10-19-20(12-15)27-14-26-19/h4-8,10,12,17H,9,11,13-14H2,1-3H3,(H,22,24). The summed E-state index contributed by atoms with van der Waals surface area (Å²) in [6, 6.07) is 13.7. The van der Waals surface area contributed by atoms with Crippen molar-refractivity contribution in [2.75, 3.05) is 34.5 Å². The first-order valence-electron chi connectivity index (χ1n) is 9.03. The Morgan fingerprint density at radius 3 is 2.74 bits per heavy atom. The van der Waals surface area contributed by atoms with Gasteiger partial charge < -0.3 is 24.4 Å². The molecule has 2 aromatic carbocycles. The van der Waals surface area contributed by atoms with Gasteiger partial charge in [0.1, 0.15) is 5.75 Å². The summed E-state index contributed by atoms with van der Waals surface area (Å²) in [5.74, 6) is 2.35. The van der Waals surface area contributed by atoms with Gasteiger partial charge in [-0.3, -0.25) is 4.79 Å². The highest BCUT2D eigenvalue weighted by Gasteiger charge is 2.19. The number of carbonyl (C=O) groups excluding carboxylic acids is 1. The highest BCUT2D eigenvalue weighted by Crippen LogP contribution is 2.32. The maximum absolute atomic E-state index is 12.3. The van der Waals surface area contributed by atoms with Gasteiger partial charge in [0.05, 0.1) is 13.2 Å². The number of ether oxygens (including phenoxy) is 3. The predicted octanol–water partition coefficient (Wildman–Crippen LogP) is 2.78. The van der Waals surface area contributed by atoms with Crippen LogP contribution in [-0.4, -0.2) is 45.3 Å². The van der Waals surface area contributed by atoms with E-state index < -0.39 is 0 Å². The molecule has 144 valence electrons. The molecule has 1 unspecified atom stereocenters. The molecule has 6 heteroatoms. The summed E-state index contributed by atoms with van der Waals surface area (Å²) in [5, 5.41) is 3.04. The maximum Gasteiger partial charge on any atom is 0.231 e. The number of para-hydroxylation sites is 1. The molecule has 1 heterocycles. The van der Waals surface area contributed by atoms with Crippen molar-refractivity contribution < 1.29 is 19.0 Å². The van der Waals surface area contributed by atoms with E-state index in [-0.39, 0.29) is 18.7 Å². The minimum absolute atomic E-state index is 0.0226. The summed E-state index contributed by atoms with van der Waals surface area (Å²) in [6.45, 7) is 0.779. The first-order valence-corrected chi connectivity index (χ1v) is 9.03. The topological polar surface area (TPSA) is 60.0 Å². The number of rotatable bonds is 8. The number of carbonyl (C=O) groups is 1. The van der Waals surface area contributed by atoms with Crippen LogP contribution in [0.1, 0.15) is 23.6 Å². The molecule has 1 atom stereocenters. The normalized spacial score (nSPS) is 13.5. The zero-order valence-corrected chi connectivity index (χ0v) is 16.0. The number of hydrogen-bond acceptors (Lipinski definition) is 5. The van der Waals surface area contributed by atoms with Crippen LogP contribution in [0, 0.1) is 0 Å². The van der Waals surface area contributed by atoms with Gasteiger partial charge in [-0.25, -0.2) is 0 Å². The van der Waals surface area contributed by atoms with Crippen molar-refractivity contribution in [3.63, 3.8) is 0 Å². The average molecular weight is 370 g/mol. The van der Waals surface area contributed by atoms with Crippen molar-refractivity contribution in [1.29, 1.82) is 0 Å². The Morgan fingerprint density at radius 2 is 1.96 bits per heavy atom. The number of nitrogens with zero attached hydrogens (tertiary/aromatic N) is 1. The van der Waals surface area contributed by atoms with E-state index in [4.69, 9.17) is 14.2 Å². The van der Waals surface area contributed by atoms with Gasteiger partial charge in [0, 0.05) is 18.5 Å². The number of benzene rings is 2. The minimum atomic E-state index is 0.0226. The van der Waals surface area contributed by atoms with E-state index in [9.17, 15) is 4.79 Å². The van der Waals surface area contributed by atoms with Crippen molar-refractivity contribution in [1.82, 2.24) is 10.2 Å². The van der Waals surface area contributed by atoms with E-state index in [1.54, 1.807) is 7.11 Å². The van der Waals surface area contributed by atoms with Crippen molar-refractivity contribution in [3.8, 4) is 17.2 Å². The Balaban J connectivity index is 1.55. The van der Waals surface area contributed by atoms with Gasteiger partial charge in [-0.15, -0.1) is 0 Å². The number of methoxy groups -OCH3 is 1. The maximum atomic E-state index is 12.3. The highest BCUT2D eigenvalue weighted by atomic mass is 16.7. The van der Waals surface area contributed by atoms with E-state index in [0.717, 1.165) is 28.4 Å². The van der Waals surface area contributed by atoms with Crippen LogP contribution in [0.2, 0.25) is 0 Å². The summed E-state index contributed by atoms with van der Waals surface area (Å²) in [5.41, 5.74) is 2.12. The van der Waals surface area contributed by atoms with Gasteiger partial charge in [0.15, 0.2) is 11.5 Å². The molecule has 3 rings (SSSR count). The van der Waals surface area contributed by atoms with E-state index in [2.05, 4.69) is 10.2 Å². The number of fused-ring (bicyclic) bond motifs is 1. The van der Waals surface area contributed by atoms with Crippen LogP contribution < -0.4 is 19.5 Å². The molecule has 27 heavy (non-hydrogen) atoms. The quantitative estimate of drug-likeness (QED) is 0.774. The Morgan fingerprint density at radius 1 is 1.19 bits per heavy atom. The van der Waals surface area contributed by atoms with Crippen molar-refractivity contribution in [2.24, 2.45) is 0 Å². The number of hydrogen-bond donors (Lipinski definition) is 1. The third-order valence-electron chi connectivity index (χ3n) is 4.69. The van der Waals surface area contributed by atoms with Gasteiger partial charge in [-0.1, -0.05) is 24.3 Å². The van der Waals surface area contributed by atoms with Crippen LogP contribution in [0.3, 0.4) is 0 Å². The molecule has 1 aliphatic heterocycles. The first-order chi connectivity index (χ1) is 13.1. The number of amides is 1. The Bertz CT molecular complexity index is 792. The molecule has 0 bridgehead atoms. The van der Waals surface area contributed by atoms with Gasteiger partial charge in [0.2, 0.25) is 12.7 Å². The third kappa shape index (κ3) is 4.71. The summed E-state index contributed by atoms with van der Waals surface area (Å²) in [6.07, 6.45) is 1.08. The Kier molecular flexibility index (Phi) is 6.19.